The fraction of sp³-hybridized carbons (Fsp3) is 0.263. The van der Waals surface area contributed by atoms with E-state index in [0.29, 0.717) is 18.8 Å². The number of nitrogens with one attached hydrogen (secondary N) is 1. The molecule has 1 aliphatic rings. The first-order chi connectivity index (χ1) is 13.6. The van der Waals surface area contributed by atoms with E-state index < -0.39 is 0 Å². The highest BCUT2D eigenvalue weighted by atomic mass is 32.2. The number of carbonyl (C=O) groups is 2. The third kappa shape index (κ3) is 3.65. The predicted molar refractivity (Wildman–Crippen MR) is 104 cm³/mol. The minimum absolute atomic E-state index is 0.0671. The number of amides is 3. The van der Waals surface area contributed by atoms with E-state index in [0.717, 1.165) is 27.9 Å². The van der Waals surface area contributed by atoms with Gasteiger partial charge in [0.2, 0.25) is 5.91 Å². The van der Waals surface area contributed by atoms with Crippen LogP contribution in [0.1, 0.15) is 11.3 Å². The van der Waals surface area contributed by atoms with Crippen molar-refractivity contribution in [1.82, 2.24) is 25.0 Å². The first kappa shape index (κ1) is 18.3. The van der Waals surface area contributed by atoms with Crippen LogP contribution < -0.4 is 5.32 Å². The smallest absolute Gasteiger partial charge is 0.324 e. The van der Waals surface area contributed by atoms with Crippen LogP contribution in [0.15, 0.2) is 52.2 Å². The summed E-state index contributed by atoms with van der Waals surface area (Å²) < 4.78 is 7.46. The van der Waals surface area contributed by atoms with Crippen LogP contribution in [0, 0.1) is 6.92 Å². The molecule has 1 saturated heterocycles. The predicted octanol–water partition coefficient (Wildman–Crippen LogP) is 2.54. The van der Waals surface area contributed by atoms with Crippen LogP contribution in [0.25, 0.3) is 11.4 Å². The summed E-state index contributed by atoms with van der Waals surface area (Å²) in [6.45, 7) is 2.89. The Bertz CT molecular complexity index is 982. The Kier molecular flexibility index (Phi) is 5.16. The topological polar surface area (TPSA) is 93.3 Å². The fourth-order valence-electron chi connectivity index (χ4n) is 3.03. The molecule has 3 amide bonds. The Hall–Kier alpha value is -3.07. The second-order valence-electron chi connectivity index (χ2n) is 6.32. The summed E-state index contributed by atoms with van der Waals surface area (Å²) in [5.41, 5.74) is 2.02. The summed E-state index contributed by atoms with van der Waals surface area (Å²) in [4.78, 5) is 24.6. The van der Waals surface area contributed by atoms with Gasteiger partial charge in [0.05, 0.1) is 24.9 Å². The molecule has 0 unspecified atom stereocenters. The highest BCUT2D eigenvalue weighted by molar-refractivity contribution is 7.99. The van der Waals surface area contributed by atoms with Crippen molar-refractivity contribution in [2.45, 2.75) is 18.6 Å². The van der Waals surface area contributed by atoms with Crippen LogP contribution in [0.4, 0.5) is 4.79 Å². The monoisotopic (exact) mass is 397 g/mol. The summed E-state index contributed by atoms with van der Waals surface area (Å²) >= 11 is 1.47. The maximum absolute atomic E-state index is 11.7. The Balaban J connectivity index is 1.56. The number of imide groups is 1. The molecular weight excluding hydrogens is 378 g/mol. The summed E-state index contributed by atoms with van der Waals surface area (Å²) in [5, 5.41) is 12.0. The quantitative estimate of drug-likeness (QED) is 0.486. The van der Waals surface area contributed by atoms with E-state index in [1.807, 2.05) is 47.9 Å². The number of hydrogen-bond acceptors (Lipinski definition) is 6. The molecule has 0 bridgehead atoms. The van der Waals surface area contributed by atoms with Gasteiger partial charge < -0.3 is 9.73 Å². The van der Waals surface area contributed by atoms with E-state index in [4.69, 9.17) is 4.42 Å². The van der Waals surface area contributed by atoms with E-state index in [1.165, 1.54) is 16.7 Å². The molecule has 9 heteroatoms. The molecule has 0 atom stereocenters. The minimum Gasteiger partial charge on any atom is -0.469 e. The van der Waals surface area contributed by atoms with E-state index in [-0.39, 0.29) is 18.5 Å². The molecule has 0 saturated carbocycles. The second-order valence-corrected chi connectivity index (χ2v) is 7.38. The lowest BCUT2D eigenvalue weighted by Crippen LogP contribution is -2.32. The highest BCUT2D eigenvalue weighted by Gasteiger charge is 2.28. The molecule has 1 N–H and O–H groups in total. The van der Waals surface area contributed by atoms with Crippen LogP contribution in [0.3, 0.4) is 0 Å². The van der Waals surface area contributed by atoms with Crippen molar-refractivity contribution in [2.75, 3.05) is 18.8 Å². The average Bonchev–Trinajstić information content (AvgIpc) is 3.38. The van der Waals surface area contributed by atoms with Gasteiger partial charge in [-0.05, 0) is 18.6 Å². The zero-order valence-corrected chi connectivity index (χ0v) is 16.1. The van der Waals surface area contributed by atoms with Gasteiger partial charge in [-0.15, -0.1) is 10.2 Å². The molecule has 144 valence electrons. The van der Waals surface area contributed by atoms with Crippen molar-refractivity contribution in [3.8, 4) is 11.4 Å². The number of aryl methyl sites for hydroxylation is 1. The number of benzene rings is 1. The largest absolute Gasteiger partial charge is 0.469 e. The maximum Gasteiger partial charge on any atom is 0.324 e. The molecule has 1 fully saturated rings. The van der Waals surface area contributed by atoms with Crippen molar-refractivity contribution in [2.24, 2.45) is 0 Å². The zero-order valence-electron chi connectivity index (χ0n) is 15.3. The number of urea groups is 1. The van der Waals surface area contributed by atoms with Gasteiger partial charge in [-0.1, -0.05) is 42.1 Å². The number of rotatable bonds is 7. The molecule has 0 aliphatic carbocycles. The van der Waals surface area contributed by atoms with Gasteiger partial charge in [0.25, 0.3) is 0 Å². The van der Waals surface area contributed by atoms with E-state index in [1.54, 1.807) is 6.26 Å². The SMILES string of the molecule is Cc1occc1-c1nnc(SCCN2C(=O)CNC2=O)n1Cc1ccccc1. The zero-order chi connectivity index (χ0) is 19.5. The highest BCUT2D eigenvalue weighted by Crippen LogP contribution is 2.28. The Morgan fingerprint density at radius 1 is 1.18 bits per heavy atom. The van der Waals surface area contributed by atoms with Crippen LogP contribution >= 0.6 is 11.8 Å². The number of furan rings is 1. The van der Waals surface area contributed by atoms with Crippen molar-refractivity contribution >= 4 is 23.7 Å². The van der Waals surface area contributed by atoms with Gasteiger partial charge >= 0.3 is 6.03 Å². The maximum atomic E-state index is 11.7. The van der Waals surface area contributed by atoms with Crippen molar-refractivity contribution in [3.05, 3.63) is 54.0 Å². The molecule has 2 aromatic heterocycles. The normalized spacial score (nSPS) is 14.0. The standard InChI is InChI=1S/C19H19N5O3S/c1-13-15(7-9-27-13)17-21-22-19(24(17)12-14-5-3-2-4-6-14)28-10-8-23-16(25)11-20-18(23)26/h2-7,9H,8,10-12H2,1H3,(H,20,26). The van der Waals surface area contributed by atoms with Crippen molar-refractivity contribution in [3.63, 3.8) is 0 Å². The Labute approximate surface area is 165 Å². The van der Waals surface area contributed by atoms with Crippen molar-refractivity contribution in [1.29, 1.82) is 0 Å². The van der Waals surface area contributed by atoms with Crippen LogP contribution in [-0.2, 0) is 11.3 Å². The third-order valence-corrected chi connectivity index (χ3v) is 5.43. The average molecular weight is 397 g/mol. The second kappa shape index (κ2) is 7.89. The van der Waals surface area contributed by atoms with Gasteiger partial charge in [0.15, 0.2) is 11.0 Å². The summed E-state index contributed by atoms with van der Waals surface area (Å²) in [7, 11) is 0. The van der Waals surface area contributed by atoms with Gasteiger partial charge in [-0.3, -0.25) is 14.3 Å². The molecule has 1 aromatic carbocycles. The lowest BCUT2D eigenvalue weighted by Gasteiger charge is -2.13. The Morgan fingerprint density at radius 3 is 2.68 bits per heavy atom. The summed E-state index contributed by atoms with van der Waals surface area (Å²) in [6, 6.07) is 11.6. The number of hydrogen-bond donors (Lipinski definition) is 1. The van der Waals surface area contributed by atoms with Gasteiger partial charge in [0.1, 0.15) is 5.76 Å². The summed E-state index contributed by atoms with van der Waals surface area (Å²) in [5.74, 6) is 1.84. The number of thioether (sulfide) groups is 1. The van der Waals surface area contributed by atoms with Crippen LogP contribution in [0.5, 0.6) is 0 Å². The first-order valence-corrected chi connectivity index (χ1v) is 9.84. The van der Waals surface area contributed by atoms with Gasteiger partial charge in [-0.25, -0.2) is 4.79 Å². The molecule has 3 aromatic rings. The molecule has 0 spiro atoms. The summed E-state index contributed by atoms with van der Waals surface area (Å²) in [6.07, 6.45) is 1.64. The first-order valence-electron chi connectivity index (χ1n) is 8.86. The Morgan fingerprint density at radius 2 is 2.00 bits per heavy atom. The van der Waals surface area contributed by atoms with Gasteiger partial charge in [-0.2, -0.15) is 0 Å². The molecule has 8 nitrogen and oxygen atoms in total. The van der Waals surface area contributed by atoms with Crippen molar-refractivity contribution < 1.29 is 14.0 Å². The molecule has 1 aliphatic heterocycles. The molecule has 28 heavy (non-hydrogen) atoms. The minimum atomic E-state index is -0.342. The van der Waals surface area contributed by atoms with Crippen LogP contribution in [-0.4, -0.2) is 50.4 Å². The fourth-order valence-corrected chi connectivity index (χ4v) is 3.89. The lowest BCUT2D eigenvalue weighted by atomic mass is 10.2. The lowest BCUT2D eigenvalue weighted by molar-refractivity contribution is -0.124. The molecule has 4 rings (SSSR count). The van der Waals surface area contributed by atoms with Crippen LogP contribution in [0.2, 0.25) is 0 Å². The van der Waals surface area contributed by atoms with Gasteiger partial charge in [0, 0.05) is 12.3 Å². The number of nitrogens with zero attached hydrogens (tertiary/aromatic N) is 4. The molecule has 0 radical (unpaired) electrons. The number of carbonyl (C=O) groups excluding carboxylic acids is 2. The van der Waals surface area contributed by atoms with E-state index in [2.05, 4.69) is 15.5 Å². The third-order valence-electron chi connectivity index (χ3n) is 4.48. The molecule has 3 heterocycles. The molecular formula is C19H19N5O3S. The van der Waals surface area contributed by atoms with E-state index >= 15 is 0 Å². The van der Waals surface area contributed by atoms with E-state index in [9.17, 15) is 9.59 Å². The number of aromatic nitrogens is 3.